The maximum atomic E-state index is 14.2. The molecule has 0 unspecified atom stereocenters. The number of ketones is 2. The highest BCUT2D eigenvalue weighted by atomic mass is 35.5. The van der Waals surface area contributed by atoms with Gasteiger partial charge in [0.25, 0.3) is 0 Å². The number of anilines is 1. The van der Waals surface area contributed by atoms with E-state index in [1.54, 1.807) is 41.3 Å². The van der Waals surface area contributed by atoms with Crippen LogP contribution in [-0.4, -0.2) is 29.0 Å². The number of carbonyl (C=O) groups excluding carboxylic acids is 4. The Morgan fingerprint density at radius 2 is 1.46 bits per heavy atom. The van der Waals surface area contributed by atoms with Gasteiger partial charge in [-0.05, 0) is 30.7 Å². The minimum Gasteiger partial charge on any atom is -0.393 e. The number of fused-ring (bicyclic) bond motifs is 3. The van der Waals surface area contributed by atoms with Gasteiger partial charge >= 0.3 is 11.9 Å². The monoisotopic (exact) mass is 505 g/mol. The topological polar surface area (TPSA) is 80.8 Å². The standard InChI is InChI=1S/C27H17Cl2NO5/c1-13-6-8-14(9-7-13)22-20-21(26(34)35-25(20)33)27(30(22)19-11-10-15(28)12-18(19)29)23(31)16-4-2-3-5-17(16)24(27)32/h2-12,20-22H,1H3/t20-,21+,22-/m1/s1. The Bertz CT molecular complexity index is 1430. The Kier molecular flexibility index (Phi) is 4.72. The van der Waals surface area contributed by atoms with Crippen LogP contribution in [0.1, 0.15) is 37.9 Å². The first-order valence-electron chi connectivity index (χ1n) is 11.0. The zero-order valence-corrected chi connectivity index (χ0v) is 19.8. The van der Waals surface area contributed by atoms with Gasteiger partial charge in [0, 0.05) is 16.1 Å². The molecule has 0 saturated carbocycles. The van der Waals surface area contributed by atoms with E-state index in [0.29, 0.717) is 16.3 Å². The van der Waals surface area contributed by atoms with Crippen LogP contribution >= 0.6 is 23.2 Å². The lowest BCUT2D eigenvalue weighted by molar-refractivity contribution is -0.154. The van der Waals surface area contributed by atoms with Gasteiger partial charge in [-0.15, -0.1) is 0 Å². The molecule has 2 heterocycles. The number of ether oxygens (including phenoxy) is 1. The summed E-state index contributed by atoms with van der Waals surface area (Å²) in [6.07, 6.45) is 0. The summed E-state index contributed by atoms with van der Waals surface area (Å²) in [6, 6.07) is 17.6. The highest BCUT2D eigenvalue weighted by Crippen LogP contribution is 2.60. The molecule has 6 nitrogen and oxygen atoms in total. The average molecular weight is 506 g/mol. The Morgan fingerprint density at radius 1 is 0.829 bits per heavy atom. The van der Waals surface area contributed by atoms with Gasteiger partial charge in [0.1, 0.15) is 5.92 Å². The highest BCUT2D eigenvalue weighted by Gasteiger charge is 2.76. The number of nitrogens with zero attached hydrogens (tertiary/aromatic N) is 1. The van der Waals surface area contributed by atoms with Gasteiger partial charge in [-0.25, -0.2) is 0 Å². The Morgan fingerprint density at radius 3 is 2.06 bits per heavy atom. The number of Topliss-reactive ketones (excluding diaryl/α,β-unsaturated/α-hetero) is 2. The zero-order chi connectivity index (χ0) is 24.6. The molecule has 8 heteroatoms. The molecule has 1 aliphatic carbocycles. The summed E-state index contributed by atoms with van der Waals surface area (Å²) in [5, 5.41) is 0.549. The number of carbonyl (C=O) groups is 4. The molecule has 1 spiro atoms. The number of halogens is 2. The number of benzene rings is 3. The first-order chi connectivity index (χ1) is 16.8. The molecule has 0 radical (unpaired) electrons. The molecular weight excluding hydrogens is 489 g/mol. The van der Waals surface area contributed by atoms with E-state index in [-0.39, 0.29) is 16.1 Å². The summed E-state index contributed by atoms with van der Waals surface area (Å²) < 4.78 is 5.06. The van der Waals surface area contributed by atoms with Gasteiger partial charge < -0.3 is 9.64 Å². The Balaban J connectivity index is 1.70. The molecule has 3 aromatic carbocycles. The van der Waals surface area contributed by atoms with E-state index in [1.165, 1.54) is 6.07 Å². The summed E-state index contributed by atoms with van der Waals surface area (Å²) in [6.45, 7) is 1.92. The second-order valence-corrected chi connectivity index (χ2v) is 9.88. The van der Waals surface area contributed by atoms with Crippen molar-refractivity contribution in [2.45, 2.75) is 18.5 Å². The van der Waals surface area contributed by atoms with Crippen LogP contribution in [0.3, 0.4) is 0 Å². The van der Waals surface area contributed by atoms with Crippen LogP contribution in [0.25, 0.3) is 0 Å². The van der Waals surface area contributed by atoms with Crippen molar-refractivity contribution in [3.63, 3.8) is 0 Å². The fraction of sp³-hybridized carbons (Fsp3) is 0.185. The zero-order valence-electron chi connectivity index (χ0n) is 18.3. The quantitative estimate of drug-likeness (QED) is 0.360. The molecule has 0 amide bonds. The fourth-order valence-corrected chi connectivity index (χ4v) is 6.31. The second-order valence-electron chi connectivity index (χ2n) is 9.04. The predicted octanol–water partition coefficient (Wildman–Crippen LogP) is 5.00. The molecule has 2 aliphatic heterocycles. The van der Waals surface area contributed by atoms with Crippen molar-refractivity contribution in [1.82, 2.24) is 0 Å². The van der Waals surface area contributed by atoms with Crippen molar-refractivity contribution in [1.29, 1.82) is 0 Å². The highest BCUT2D eigenvalue weighted by molar-refractivity contribution is 6.39. The minimum atomic E-state index is -2.02. The third-order valence-corrected chi connectivity index (χ3v) is 7.77. The third-order valence-electron chi connectivity index (χ3n) is 7.23. The fourth-order valence-electron chi connectivity index (χ4n) is 5.82. The van der Waals surface area contributed by atoms with Crippen LogP contribution < -0.4 is 4.90 Å². The lowest BCUT2D eigenvalue weighted by atomic mass is 9.76. The largest absolute Gasteiger partial charge is 0.393 e. The van der Waals surface area contributed by atoms with Crippen molar-refractivity contribution in [3.8, 4) is 0 Å². The molecule has 0 N–H and O–H groups in total. The van der Waals surface area contributed by atoms with Crippen LogP contribution in [0, 0.1) is 18.8 Å². The molecule has 174 valence electrons. The van der Waals surface area contributed by atoms with E-state index in [4.69, 9.17) is 27.9 Å². The van der Waals surface area contributed by atoms with Gasteiger partial charge in [0.15, 0.2) is 17.1 Å². The summed E-state index contributed by atoms with van der Waals surface area (Å²) in [7, 11) is 0. The molecule has 6 rings (SSSR count). The van der Waals surface area contributed by atoms with Crippen molar-refractivity contribution < 1.29 is 23.9 Å². The Labute approximate surface area is 210 Å². The molecule has 3 atom stereocenters. The molecular formula is C27H17Cl2NO5. The van der Waals surface area contributed by atoms with E-state index in [0.717, 1.165) is 5.56 Å². The third kappa shape index (κ3) is 2.78. The second kappa shape index (κ2) is 7.51. The first kappa shape index (κ1) is 22.0. The smallest absolute Gasteiger partial charge is 0.320 e. The van der Waals surface area contributed by atoms with Crippen LogP contribution in [-0.2, 0) is 14.3 Å². The van der Waals surface area contributed by atoms with E-state index >= 15 is 0 Å². The van der Waals surface area contributed by atoms with Gasteiger partial charge in [-0.2, -0.15) is 0 Å². The summed E-state index contributed by atoms with van der Waals surface area (Å²) in [5.74, 6) is -5.19. The van der Waals surface area contributed by atoms with Gasteiger partial charge in [-0.1, -0.05) is 77.3 Å². The van der Waals surface area contributed by atoms with E-state index < -0.39 is 46.9 Å². The van der Waals surface area contributed by atoms with Crippen LogP contribution in [0.2, 0.25) is 10.0 Å². The average Bonchev–Trinajstić information content (AvgIpc) is 3.39. The van der Waals surface area contributed by atoms with E-state index in [2.05, 4.69) is 0 Å². The first-order valence-corrected chi connectivity index (χ1v) is 11.8. The summed E-state index contributed by atoms with van der Waals surface area (Å²) in [4.78, 5) is 56.2. The van der Waals surface area contributed by atoms with E-state index in [9.17, 15) is 19.2 Å². The lowest BCUT2D eigenvalue weighted by Crippen LogP contribution is -2.59. The number of cyclic esters (lactones) is 2. The summed E-state index contributed by atoms with van der Waals surface area (Å²) in [5.41, 5.74) is 0.332. The molecule has 2 saturated heterocycles. The number of aryl methyl sites for hydroxylation is 1. The Hall–Kier alpha value is -3.48. The van der Waals surface area contributed by atoms with Crippen LogP contribution in [0.15, 0.2) is 66.7 Å². The van der Waals surface area contributed by atoms with Crippen LogP contribution in [0.4, 0.5) is 5.69 Å². The number of hydrogen-bond donors (Lipinski definition) is 0. The van der Waals surface area contributed by atoms with Gasteiger partial charge in [0.2, 0.25) is 0 Å². The number of rotatable bonds is 2. The predicted molar refractivity (Wildman–Crippen MR) is 129 cm³/mol. The van der Waals surface area contributed by atoms with Crippen molar-refractivity contribution in [2.24, 2.45) is 11.8 Å². The lowest BCUT2D eigenvalue weighted by Gasteiger charge is -2.40. The van der Waals surface area contributed by atoms with Gasteiger partial charge in [0.05, 0.1) is 22.7 Å². The van der Waals surface area contributed by atoms with Crippen molar-refractivity contribution in [2.75, 3.05) is 4.90 Å². The molecule has 3 aromatic rings. The minimum absolute atomic E-state index is 0.186. The molecule has 0 bridgehead atoms. The molecule has 35 heavy (non-hydrogen) atoms. The normalized spacial score (nSPS) is 24.2. The number of hydrogen-bond acceptors (Lipinski definition) is 6. The maximum Gasteiger partial charge on any atom is 0.320 e. The molecule has 0 aromatic heterocycles. The molecule has 2 fully saturated rings. The van der Waals surface area contributed by atoms with Crippen LogP contribution in [0.5, 0.6) is 0 Å². The van der Waals surface area contributed by atoms with Crippen molar-refractivity contribution in [3.05, 3.63) is 99.0 Å². The SMILES string of the molecule is Cc1ccc([C@@H]2[C@@H]3C(=O)OC(=O)[C@H]3C3(C(=O)c4ccccc4C3=O)N2c2ccc(Cl)cc2Cl)cc1. The van der Waals surface area contributed by atoms with E-state index in [1.807, 2.05) is 31.2 Å². The summed E-state index contributed by atoms with van der Waals surface area (Å²) >= 11 is 12.8. The molecule has 3 aliphatic rings. The van der Waals surface area contributed by atoms with Crippen molar-refractivity contribution >= 4 is 52.4 Å². The maximum absolute atomic E-state index is 14.2. The van der Waals surface area contributed by atoms with Gasteiger partial charge in [-0.3, -0.25) is 19.2 Å². The number of esters is 2.